The topological polar surface area (TPSA) is 67.2 Å². The van der Waals surface area contributed by atoms with E-state index in [1.807, 2.05) is 42.5 Å². The third-order valence-electron chi connectivity index (χ3n) is 4.11. The molecule has 1 heterocycles. The molecule has 0 bridgehead atoms. The smallest absolute Gasteiger partial charge is 0.161 e. The Morgan fingerprint density at radius 1 is 1.04 bits per heavy atom. The second-order valence-corrected chi connectivity index (χ2v) is 5.66. The average molecular weight is 333 g/mol. The van der Waals surface area contributed by atoms with Gasteiger partial charge in [-0.3, -0.25) is 0 Å². The number of fused-ring (bicyclic) bond motifs is 1. The van der Waals surface area contributed by atoms with E-state index >= 15 is 0 Å². The van der Waals surface area contributed by atoms with E-state index in [2.05, 4.69) is 23.3 Å². The molecule has 2 aromatic carbocycles. The molecular formula is C20H19N3O2. The van der Waals surface area contributed by atoms with Crippen molar-refractivity contribution in [3.05, 3.63) is 59.8 Å². The fourth-order valence-electron chi connectivity index (χ4n) is 2.79. The molecule has 0 saturated carbocycles. The Labute approximate surface area is 146 Å². The number of nitriles is 1. The largest absolute Gasteiger partial charge is 0.493 e. The van der Waals surface area contributed by atoms with Gasteiger partial charge in [0.05, 0.1) is 19.7 Å². The summed E-state index contributed by atoms with van der Waals surface area (Å²) in [6.45, 7) is 2.06. The summed E-state index contributed by atoms with van der Waals surface area (Å²) in [4.78, 5) is 4.35. The average Bonchev–Trinajstić information content (AvgIpc) is 2.67. The van der Waals surface area contributed by atoms with Crippen molar-refractivity contribution in [3.8, 4) is 17.6 Å². The number of ether oxygens (including phenoxy) is 2. The van der Waals surface area contributed by atoms with Gasteiger partial charge in [0.1, 0.15) is 11.8 Å². The molecule has 0 aliphatic carbocycles. The molecule has 0 amide bonds. The van der Waals surface area contributed by atoms with Gasteiger partial charge in [-0.05, 0) is 36.8 Å². The molecule has 3 rings (SSSR count). The summed E-state index contributed by atoms with van der Waals surface area (Å²) in [5, 5.41) is 13.7. The van der Waals surface area contributed by atoms with E-state index in [9.17, 15) is 5.26 Å². The van der Waals surface area contributed by atoms with Crippen LogP contribution in [0.2, 0.25) is 0 Å². The number of hydrogen-bond acceptors (Lipinski definition) is 5. The molecule has 25 heavy (non-hydrogen) atoms. The molecule has 0 aliphatic rings. The fraction of sp³-hybridized carbons (Fsp3) is 0.200. The lowest BCUT2D eigenvalue weighted by atomic mass is 10.1. The molecule has 0 radical (unpaired) electrons. The van der Waals surface area contributed by atoms with Crippen LogP contribution in [-0.2, 0) is 0 Å². The number of pyridine rings is 1. The molecule has 5 heteroatoms. The molecule has 126 valence electrons. The molecule has 0 spiro atoms. The quantitative estimate of drug-likeness (QED) is 0.754. The van der Waals surface area contributed by atoms with Gasteiger partial charge in [0.15, 0.2) is 11.5 Å². The molecule has 5 nitrogen and oxygen atoms in total. The molecule has 0 fully saturated rings. The molecule has 0 aliphatic heterocycles. The number of benzene rings is 2. The van der Waals surface area contributed by atoms with Gasteiger partial charge in [-0.1, -0.05) is 24.3 Å². The van der Waals surface area contributed by atoms with Crippen LogP contribution in [0, 0.1) is 11.3 Å². The Kier molecular flexibility index (Phi) is 4.71. The minimum atomic E-state index is 0.0113. The normalized spacial score (nSPS) is 11.6. The minimum absolute atomic E-state index is 0.0113. The van der Waals surface area contributed by atoms with Crippen molar-refractivity contribution in [2.75, 3.05) is 19.5 Å². The van der Waals surface area contributed by atoms with Gasteiger partial charge >= 0.3 is 0 Å². The second kappa shape index (κ2) is 7.10. The highest BCUT2D eigenvalue weighted by Crippen LogP contribution is 2.32. The molecule has 1 N–H and O–H groups in total. The van der Waals surface area contributed by atoms with E-state index < -0.39 is 0 Å². The fourth-order valence-corrected chi connectivity index (χ4v) is 2.79. The van der Waals surface area contributed by atoms with E-state index in [-0.39, 0.29) is 6.04 Å². The molecule has 1 atom stereocenters. The summed E-state index contributed by atoms with van der Waals surface area (Å²) in [6, 6.07) is 17.5. The summed E-state index contributed by atoms with van der Waals surface area (Å²) in [7, 11) is 3.24. The van der Waals surface area contributed by atoms with Crippen LogP contribution < -0.4 is 14.8 Å². The Hall–Kier alpha value is -3.26. The number of hydrogen-bond donors (Lipinski definition) is 1. The van der Waals surface area contributed by atoms with E-state index in [1.165, 1.54) is 0 Å². The summed E-state index contributed by atoms with van der Waals surface area (Å²) in [5.74, 6) is 1.38. The molecule has 3 aromatic rings. The zero-order chi connectivity index (χ0) is 17.8. The Morgan fingerprint density at radius 3 is 2.52 bits per heavy atom. The van der Waals surface area contributed by atoms with Crippen molar-refractivity contribution in [3.63, 3.8) is 0 Å². The Bertz CT molecular complexity index is 947. The summed E-state index contributed by atoms with van der Waals surface area (Å²) in [6.07, 6.45) is 0. The summed E-state index contributed by atoms with van der Waals surface area (Å²) >= 11 is 0. The van der Waals surface area contributed by atoms with Crippen LogP contribution in [0.3, 0.4) is 0 Å². The lowest BCUT2D eigenvalue weighted by Crippen LogP contribution is -2.08. The Balaban J connectivity index is 1.97. The van der Waals surface area contributed by atoms with E-state index in [1.54, 1.807) is 20.3 Å². The second-order valence-electron chi connectivity index (χ2n) is 5.66. The van der Waals surface area contributed by atoms with Crippen LogP contribution in [0.15, 0.2) is 48.5 Å². The third-order valence-corrected chi connectivity index (χ3v) is 4.11. The van der Waals surface area contributed by atoms with Crippen LogP contribution in [0.5, 0.6) is 11.5 Å². The van der Waals surface area contributed by atoms with Gasteiger partial charge in [0, 0.05) is 17.1 Å². The molecule has 1 aromatic heterocycles. The van der Waals surface area contributed by atoms with E-state index in [0.717, 1.165) is 22.2 Å². The number of para-hydroxylation sites is 1. The van der Waals surface area contributed by atoms with Crippen LogP contribution in [-0.4, -0.2) is 19.2 Å². The standard InChI is InChI=1S/C20H19N3O2/c1-13(14-8-9-19(24-2)20(10-14)25-3)22-18-11-15(12-21)23-17-7-5-4-6-16(17)18/h4-11,13H,1-3H3,(H,22,23). The van der Waals surface area contributed by atoms with Gasteiger partial charge in [0.25, 0.3) is 0 Å². The Morgan fingerprint density at radius 2 is 1.80 bits per heavy atom. The highest BCUT2D eigenvalue weighted by atomic mass is 16.5. The number of anilines is 1. The third kappa shape index (κ3) is 3.33. The predicted molar refractivity (Wildman–Crippen MR) is 98.0 cm³/mol. The maximum absolute atomic E-state index is 9.23. The van der Waals surface area contributed by atoms with Crippen molar-refractivity contribution in [2.45, 2.75) is 13.0 Å². The van der Waals surface area contributed by atoms with Gasteiger partial charge < -0.3 is 14.8 Å². The van der Waals surface area contributed by atoms with Gasteiger partial charge in [0.2, 0.25) is 0 Å². The van der Waals surface area contributed by atoms with E-state index in [0.29, 0.717) is 17.2 Å². The summed E-state index contributed by atoms with van der Waals surface area (Å²) in [5.41, 5.74) is 3.12. The maximum atomic E-state index is 9.23. The lowest BCUT2D eigenvalue weighted by Gasteiger charge is -2.19. The highest BCUT2D eigenvalue weighted by molar-refractivity contribution is 5.92. The number of aromatic nitrogens is 1. The number of nitrogens with zero attached hydrogens (tertiary/aromatic N) is 2. The highest BCUT2D eigenvalue weighted by Gasteiger charge is 2.12. The predicted octanol–water partition coefficient (Wildman–Crippen LogP) is 4.30. The van der Waals surface area contributed by atoms with Gasteiger partial charge in [-0.15, -0.1) is 0 Å². The zero-order valence-electron chi connectivity index (χ0n) is 14.4. The molecule has 0 saturated heterocycles. The molecule has 1 unspecified atom stereocenters. The van der Waals surface area contributed by atoms with Crippen LogP contribution >= 0.6 is 0 Å². The summed E-state index contributed by atoms with van der Waals surface area (Å²) < 4.78 is 10.7. The van der Waals surface area contributed by atoms with Crippen LogP contribution in [0.25, 0.3) is 10.9 Å². The first-order valence-electron chi connectivity index (χ1n) is 7.94. The van der Waals surface area contributed by atoms with Crippen LogP contribution in [0.4, 0.5) is 5.69 Å². The van der Waals surface area contributed by atoms with E-state index in [4.69, 9.17) is 9.47 Å². The monoisotopic (exact) mass is 333 g/mol. The van der Waals surface area contributed by atoms with Crippen molar-refractivity contribution >= 4 is 16.6 Å². The van der Waals surface area contributed by atoms with Crippen LogP contribution in [0.1, 0.15) is 24.2 Å². The first-order valence-corrected chi connectivity index (χ1v) is 7.94. The van der Waals surface area contributed by atoms with Crippen molar-refractivity contribution in [1.29, 1.82) is 5.26 Å². The minimum Gasteiger partial charge on any atom is -0.493 e. The first kappa shape index (κ1) is 16.6. The van der Waals surface area contributed by atoms with Gasteiger partial charge in [-0.25, -0.2) is 4.98 Å². The first-order chi connectivity index (χ1) is 12.2. The number of rotatable bonds is 5. The number of nitrogens with one attached hydrogen (secondary N) is 1. The maximum Gasteiger partial charge on any atom is 0.161 e. The lowest BCUT2D eigenvalue weighted by molar-refractivity contribution is 0.354. The molecular weight excluding hydrogens is 314 g/mol. The SMILES string of the molecule is COc1ccc(C(C)Nc2cc(C#N)nc3ccccc23)cc1OC. The number of methoxy groups -OCH3 is 2. The van der Waals surface area contributed by atoms with Crippen molar-refractivity contribution in [2.24, 2.45) is 0 Å². The van der Waals surface area contributed by atoms with Gasteiger partial charge in [-0.2, -0.15) is 5.26 Å². The van der Waals surface area contributed by atoms with Crippen molar-refractivity contribution in [1.82, 2.24) is 4.98 Å². The zero-order valence-corrected chi connectivity index (χ0v) is 14.4. The van der Waals surface area contributed by atoms with Crippen molar-refractivity contribution < 1.29 is 9.47 Å².